The molecule has 4 heteroatoms. The van der Waals surface area contributed by atoms with Gasteiger partial charge in [0.25, 0.3) is 0 Å². The van der Waals surface area contributed by atoms with Crippen LogP contribution in [0.4, 0.5) is 11.4 Å². The van der Waals surface area contributed by atoms with Crippen LogP contribution in [0.1, 0.15) is 36.5 Å². The van der Waals surface area contributed by atoms with Crippen molar-refractivity contribution >= 4 is 36.6 Å². The molecule has 0 aliphatic heterocycles. The van der Waals surface area contributed by atoms with Gasteiger partial charge in [0, 0.05) is 54.3 Å². The highest BCUT2D eigenvalue weighted by Crippen LogP contribution is 2.37. The largest absolute Gasteiger partial charge is 0.378 e. The molecular weight excluding hydrogens is 392 g/mol. The zero-order chi connectivity index (χ0) is 21.0. The highest BCUT2D eigenvalue weighted by Gasteiger charge is 2.20. The Bertz CT molecular complexity index is 930. The highest BCUT2D eigenvalue weighted by molar-refractivity contribution is 7.80. The van der Waals surface area contributed by atoms with E-state index in [0.717, 1.165) is 22.9 Å². The lowest BCUT2D eigenvalue weighted by Crippen LogP contribution is -2.21. The van der Waals surface area contributed by atoms with E-state index in [9.17, 15) is 0 Å². The normalized spacial score (nSPS) is 11.9. The van der Waals surface area contributed by atoms with Gasteiger partial charge in [0.05, 0.1) is 0 Å². The molecule has 152 valence electrons. The van der Waals surface area contributed by atoms with Gasteiger partial charge in [0.15, 0.2) is 0 Å². The number of anilines is 2. The van der Waals surface area contributed by atoms with Crippen molar-refractivity contribution < 1.29 is 0 Å². The maximum atomic E-state index is 4.77. The summed E-state index contributed by atoms with van der Waals surface area (Å²) in [6.07, 6.45) is 0. The minimum atomic E-state index is 0.108. The van der Waals surface area contributed by atoms with Crippen LogP contribution in [0.2, 0.25) is 0 Å². The van der Waals surface area contributed by atoms with E-state index in [-0.39, 0.29) is 5.92 Å². The third kappa shape index (κ3) is 4.93. The highest BCUT2D eigenvalue weighted by atomic mass is 32.1. The molecule has 1 unspecified atom stereocenters. The first-order valence-electron chi connectivity index (χ1n) is 10.1. The Morgan fingerprint density at radius 2 is 1.24 bits per heavy atom. The second kappa shape index (κ2) is 9.64. The Morgan fingerprint density at radius 1 is 0.724 bits per heavy atom. The van der Waals surface area contributed by atoms with Crippen molar-refractivity contribution in [1.29, 1.82) is 0 Å². The molecule has 29 heavy (non-hydrogen) atoms. The lowest BCUT2D eigenvalue weighted by atomic mass is 9.85. The van der Waals surface area contributed by atoms with Gasteiger partial charge < -0.3 is 9.80 Å². The summed E-state index contributed by atoms with van der Waals surface area (Å²) in [6.45, 7) is 6.40. The van der Waals surface area contributed by atoms with E-state index in [4.69, 9.17) is 12.6 Å². The van der Waals surface area contributed by atoms with Gasteiger partial charge in [-0.25, -0.2) is 0 Å². The molecule has 0 heterocycles. The van der Waals surface area contributed by atoms with Crippen LogP contribution in [0.5, 0.6) is 0 Å². The van der Waals surface area contributed by atoms with Crippen molar-refractivity contribution in [3.05, 3.63) is 83.4 Å². The Balaban J connectivity index is 2.09. The van der Waals surface area contributed by atoms with E-state index in [2.05, 4.69) is 105 Å². The van der Waals surface area contributed by atoms with Gasteiger partial charge in [0.1, 0.15) is 0 Å². The first kappa shape index (κ1) is 21.7. The van der Waals surface area contributed by atoms with Gasteiger partial charge in [-0.1, -0.05) is 24.3 Å². The van der Waals surface area contributed by atoms with Crippen molar-refractivity contribution in [2.24, 2.45) is 0 Å². The summed E-state index contributed by atoms with van der Waals surface area (Å²) in [5.74, 6) is 0.108. The number of rotatable bonds is 7. The predicted octanol–water partition coefficient (Wildman–Crippen LogP) is 6.36. The van der Waals surface area contributed by atoms with Crippen molar-refractivity contribution in [3.63, 3.8) is 0 Å². The summed E-state index contributed by atoms with van der Waals surface area (Å²) in [5, 5.41) is 0. The average Bonchev–Trinajstić information content (AvgIpc) is 2.73. The van der Waals surface area contributed by atoms with Crippen LogP contribution in [-0.2, 0) is 0 Å². The van der Waals surface area contributed by atoms with Gasteiger partial charge in [-0.05, 0) is 73.0 Å². The minimum absolute atomic E-state index is 0.108. The SMILES string of the molecule is CCN(CC)c1ccc(C(c2ccc(N(C)C)cc2)c2cc(S)ccc2S)cc1. The second-order valence-corrected chi connectivity index (χ2v) is 8.42. The Morgan fingerprint density at radius 3 is 1.72 bits per heavy atom. The molecule has 0 aliphatic carbocycles. The average molecular weight is 423 g/mol. The lowest BCUT2D eigenvalue weighted by Gasteiger charge is -2.24. The molecule has 2 nitrogen and oxygen atoms in total. The number of thiol groups is 2. The number of benzene rings is 3. The van der Waals surface area contributed by atoms with Crippen molar-refractivity contribution in [3.8, 4) is 0 Å². The van der Waals surface area contributed by atoms with Crippen LogP contribution in [0.3, 0.4) is 0 Å². The first-order valence-corrected chi connectivity index (χ1v) is 11.0. The molecule has 0 spiro atoms. The quantitative estimate of drug-likeness (QED) is 0.338. The molecular formula is C25H30N2S2. The van der Waals surface area contributed by atoms with Crippen molar-refractivity contribution in [2.45, 2.75) is 29.6 Å². The topological polar surface area (TPSA) is 6.48 Å². The molecule has 3 aromatic carbocycles. The monoisotopic (exact) mass is 422 g/mol. The summed E-state index contributed by atoms with van der Waals surface area (Å²) in [4.78, 5) is 6.42. The summed E-state index contributed by atoms with van der Waals surface area (Å²) < 4.78 is 0. The van der Waals surface area contributed by atoms with Crippen LogP contribution >= 0.6 is 25.3 Å². The molecule has 0 N–H and O–H groups in total. The van der Waals surface area contributed by atoms with E-state index >= 15 is 0 Å². The van der Waals surface area contributed by atoms with Crippen LogP contribution < -0.4 is 9.80 Å². The first-order chi connectivity index (χ1) is 13.9. The summed E-state index contributed by atoms with van der Waals surface area (Å²) in [7, 11) is 4.13. The van der Waals surface area contributed by atoms with Crippen molar-refractivity contribution in [1.82, 2.24) is 0 Å². The van der Waals surface area contributed by atoms with Crippen LogP contribution in [-0.4, -0.2) is 27.2 Å². The minimum Gasteiger partial charge on any atom is -0.378 e. The molecule has 0 bridgehead atoms. The molecule has 0 saturated heterocycles. The van der Waals surface area contributed by atoms with Gasteiger partial charge >= 0.3 is 0 Å². The van der Waals surface area contributed by atoms with E-state index in [1.165, 1.54) is 28.1 Å². The van der Waals surface area contributed by atoms with E-state index in [0.29, 0.717) is 0 Å². The van der Waals surface area contributed by atoms with Crippen LogP contribution in [0, 0.1) is 0 Å². The fourth-order valence-electron chi connectivity index (χ4n) is 3.76. The summed E-state index contributed by atoms with van der Waals surface area (Å²) in [6, 6.07) is 23.9. The Kier molecular flexibility index (Phi) is 7.20. The van der Waals surface area contributed by atoms with Crippen LogP contribution in [0.15, 0.2) is 76.5 Å². The summed E-state index contributed by atoms with van der Waals surface area (Å²) >= 11 is 9.36. The smallest absolute Gasteiger partial charge is 0.0366 e. The second-order valence-electron chi connectivity index (χ2n) is 7.43. The van der Waals surface area contributed by atoms with Crippen molar-refractivity contribution in [2.75, 3.05) is 37.0 Å². The van der Waals surface area contributed by atoms with E-state index < -0.39 is 0 Å². The molecule has 0 aliphatic rings. The Hall–Kier alpha value is -2.04. The van der Waals surface area contributed by atoms with Gasteiger partial charge in [0.2, 0.25) is 0 Å². The number of nitrogens with zero attached hydrogens (tertiary/aromatic N) is 2. The molecule has 0 amide bonds. The van der Waals surface area contributed by atoms with Gasteiger partial charge in [-0.15, -0.1) is 25.3 Å². The zero-order valence-electron chi connectivity index (χ0n) is 17.6. The third-order valence-electron chi connectivity index (χ3n) is 5.42. The third-order valence-corrected chi connectivity index (χ3v) is 6.11. The fourth-order valence-corrected chi connectivity index (χ4v) is 4.24. The maximum absolute atomic E-state index is 4.77. The molecule has 3 rings (SSSR count). The van der Waals surface area contributed by atoms with E-state index in [1.807, 2.05) is 12.1 Å². The fraction of sp³-hybridized carbons (Fsp3) is 0.280. The van der Waals surface area contributed by atoms with Gasteiger partial charge in [-0.3, -0.25) is 0 Å². The number of hydrogen-bond acceptors (Lipinski definition) is 4. The number of hydrogen-bond donors (Lipinski definition) is 2. The summed E-state index contributed by atoms with van der Waals surface area (Å²) in [5.41, 5.74) is 6.13. The molecule has 0 fully saturated rings. The molecule has 0 saturated carbocycles. The predicted molar refractivity (Wildman–Crippen MR) is 133 cm³/mol. The molecule has 0 aromatic heterocycles. The van der Waals surface area contributed by atoms with E-state index in [1.54, 1.807) is 0 Å². The standard InChI is InChI=1S/C25H30N2S2/c1-5-27(6-2)21-13-9-19(10-14-21)25(23-17-22(28)15-16-24(23)29)18-7-11-20(12-8-18)26(3)4/h7-17,25,28-29H,5-6H2,1-4H3. The maximum Gasteiger partial charge on any atom is 0.0366 e. The molecule has 3 aromatic rings. The lowest BCUT2D eigenvalue weighted by molar-refractivity contribution is 0.864. The zero-order valence-corrected chi connectivity index (χ0v) is 19.4. The van der Waals surface area contributed by atoms with Gasteiger partial charge in [-0.2, -0.15) is 0 Å². The molecule has 1 atom stereocenters. The Labute approximate surface area is 186 Å². The van der Waals surface area contributed by atoms with Crippen LogP contribution in [0.25, 0.3) is 0 Å². The molecule has 0 radical (unpaired) electrons.